The van der Waals surface area contributed by atoms with Crippen LogP contribution in [-0.4, -0.2) is 69.4 Å². The fraction of sp³-hybridized carbons (Fsp3) is 0.476. The number of aromatic amines is 1. The minimum atomic E-state index is -0.574. The smallest absolute Gasteiger partial charge is 0.410 e. The molecule has 0 spiro atoms. The molecule has 3 aromatic rings. The third-order valence-corrected chi connectivity index (χ3v) is 6.20. The molecule has 0 aliphatic carbocycles. The van der Waals surface area contributed by atoms with Gasteiger partial charge in [-0.05, 0) is 38.1 Å². The Kier molecular flexibility index (Phi) is 6.55. The largest absolute Gasteiger partial charge is 0.494 e. The number of H-pyrrole nitrogens is 1. The van der Waals surface area contributed by atoms with Crippen molar-refractivity contribution >= 4 is 39.4 Å². The number of nitrogens with one attached hydrogen (secondary N) is 2. The number of ether oxygens (including phenoxy) is 3. The van der Waals surface area contributed by atoms with Crippen molar-refractivity contribution in [2.24, 2.45) is 0 Å². The number of hydrogen-bond acceptors (Lipinski definition) is 9. The van der Waals surface area contributed by atoms with Crippen LogP contribution in [0.15, 0.2) is 12.1 Å². The molecule has 0 saturated carbocycles. The Morgan fingerprint density at radius 3 is 2.62 bits per heavy atom. The second-order valence-electron chi connectivity index (χ2n) is 8.72. The van der Waals surface area contributed by atoms with Gasteiger partial charge in [-0.1, -0.05) is 5.10 Å². The molecular formula is C21H25FN6O5S. The highest BCUT2D eigenvalue weighted by Crippen LogP contribution is 2.42. The zero-order chi connectivity index (χ0) is 24.5. The summed E-state index contributed by atoms with van der Waals surface area (Å²) in [6.45, 7) is 6.36. The number of thiophene rings is 1. The first-order valence-electron chi connectivity index (χ1n) is 10.6. The van der Waals surface area contributed by atoms with Gasteiger partial charge in [-0.25, -0.2) is 9.18 Å². The van der Waals surface area contributed by atoms with Gasteiger partial charge in [0.15, 0.2) is 17.3 Å². The molecule has 2 aromatic heterocycles. The fourth-order valence-electron chi connectivity index (χ4n) is 3.52. The first kappa shape index (κ1) is 23.7. The maximum atomic E-state index is 14.3. The highest BCUT2D eigenvalue weighted by atomic mass is 32.1. The minimum Gasteiger partial charge on any atom is -0.494 e. The van der Waals surface area contributed by atoms with Crippen LogP contribution in [0.1, 0.15) is 43.3 Å². The number of methoxy groups -OCH3 is 1. The predicted octanol–water partition coefficient (Wildman–Crippen LogP) is 3.59. The number of likely N-dealkylation sites (tertiary alicyclic amines) is 1. The topological polar surface area (TPSA) is 132 Å². The monoisotopic (exact) mass is 492 g/mol. The SMILES string of the molecule is COc1cc2c(OC3CCN(C(=O)OC(C)(C)C)CC3)c(C(=O)Nc3nn[nH]n3)sc2cc1F. The van der Waals surface area contributed by atoms with Crippen LogP contribution in [0.2, 0.25) is 0 Å². The number of piperidine rings is 1. The number of aromatic nitrogens is 4. The zero-order valence-corrected chi connectivity index (χ0v) is 20.0. The van der Waals surface area contributed by atoms with Gasteiger partial charge in [0, 0.05) is 36.0 Å². The molecule has 4 rings (SSSR count). The molecule has 0 atom stereocenters. The van der Waals surface area contributed by atoms with Crippen LogP contribution in [0.25, 0.3) is 10.1 Å². The number of nitrogens with zero attached hydrogens (tertiary/aromatic N) is 4. The van der Waals surface area contributed by atoms with Crippen molar-refractivity contribution in [3.8, 4) is 11.5 Å². The molecule has 1 saturated heterocycles. The summed E-state index contributed by atoms with van der Waals surface area (Å²) in [7, 11) is 1.37. The number of benzene rings is 1. The lowest BCUT2D eigenvalue weighted by Gasteiger charge is -2.33. The second kappa shape index (κ2) is 9.41. The van der Waals surface area contributed by atoms with E-state index in [1.165, 1.54) is 19.2 Å². The Bertz CT molecular complexity index is 1180. The van der Waals surface area contributed by atoms with E-state index in [4.69, 9.17) is 14.2 Å². The molecule has 1 aromatic carbocycles. The van der Waals surface area contributed by atoms with Crippen molar-refractivity contribution in [1.82, 2.24) is 25.5 Å². The summed E-state index contributed by atoms with van der Waals surface area (Å²) in [6.07, 6.45) is 0.457. The first-order valence-corrected chi connectivity index (χ1v) is 11.5. The third kappa shape index (κ3) is 5.19. The van der Waals surface area contributed by atoms with Gasteiger partial charge in [0.05, 0.1) is 7.11 Å². The highest BCUT2D eigenvalue weighted by molar-refractivity contribution is 7.21. The summed E-state index contributed by atoms with van der Waals surface area (Å²) < 4.78 is 31.7. The van der Waals surface area contributed by atoms with Crippen LogP contribution in [-0.2, 0) is 4.74 Å². The van der Waals surface area contributed by atoms with E-state index >= 15 is 0 Å². The fourth-order valence-corrected chi connectivity index (χ4v) is 4.56. The van der Waals surface area contributed by atoms with E-state index in [0.29, 0.717) is 41.8 Å². The number of amides is 2. The molecule has 11 nitrogen and oxygen atoms in total. The molecule has 3 heterocycles. The molecule has 1 fully saturated rings. The minimum absolute atomic E-state index is 0.00263. The van der Waals surface area contributed by atoms with Crippen molar-refractivity contribution in [3.63, 3.8) is 0 Å². The summed E-state index contributed by atoms with van der Waals surface area (Å²) >= 11 is 1.08. The number of hydrogen-bond donors (Lipinski definition) is 2. The summed E-state index contributed by atoms with van der Waals surface area (Å²) in [5, 5.41) is 16.2. The Morgan fingerprint density at radius 2 is 2.00 bits per heavy atom. The molecule has 182 valence electrons. The van der Waals surface area contributed by atoms with Gasteiger partial charge in [-0.3, -0.25) is 10.1 Å². The van der Waals surface area contributed by atoms with Crippen molar-refractivity contribution in [2.75, 3.05) is 25.5 Å². The Balaban J connectivity index is 1.57. The van der Waals surface area contributed by atoms with Gasteiger partial charge in [0.1, 0.15) is 16.6 Å². The van der Waals surface area contributed by atoms with E-state index in [0.717, 1.165) is 11.3 Å². The van der Waals surface area contributed by atoms with Crippen LogP contribution in [0.3, 0.4) is 0 Å². The number of carbonyl (C=O) groups is 2. The summed E-state index contributed by atoms with van der Waals surface area (Å²) in [5.41, 5.74) is -0.574. The highest BCUT2D eigenvalue weighted by Gasteiger charge is 2.30. The van der Waals surface area contributed by atoms with Crippen molar-refractivity contribution in [1.29, 1.82) is 0 Å². The lowest BCUT2D eigenvalue weighted by atomic mass is 10.1. The van der Waals surface area contributed by atoms with E-state index in [1.54, 1.807) is 4.90 Å². The average molecular weight is 493 g/mol. The molecule has 1 aliphatic rings. The van der Waals surface area contributed by atoms with E-state index < -0.39 is 17.3 Å². The number of fused-ring (bicyclic) bond motifs is 1. The number of tetrazole rings is 1. The Hall–Kier alpha value is -3.48. The Morgan fingerprint density at radius 1 is 1.26 bits per heavy atom. The molecule has 13 heteroatoms. The zero-order valence-electron chi connectivity index (χ0n) is 19.2. The van der Waals surface area contributed by atoms with E-state index in [2.05, 4.69) is 25.9 Å². The van der Waals surface area contributed by atoms with E-state index in [9.17, 15) is 14.0 Å². The second-order valence-corrected chi connectivity index (χ2v) is 9.77. The van der Waals surface area contributed by atoms with Gasteiger partial charge in [0.2, 0.25) is 0 Å². The van der Waals surface area contributed by atoms with Gasteiger partial charge < -0.3 is 19.1 Å². The summed E-state index contributed by atoms with van der Waals surface area (Å²) in [4.78, 5) is 27.2. The van der Waals surface area contributed by atoms with Gasteiger partial charge in [-0.15, -0.1) is 16.4 Å². The maximum absolute atomic E-state index is 14.3. The normalized spacial score (nSPS) is 14.8. The van der Waals surface area contributed by atoms with Gasteiger partial charge in [0.25, 0.3) is 11.9 Å². The number of anilines is 1. The lowest BCUT2D eigenvalue weighted by Crippen LogP contribution is -2.44. The number of carbonyl (C=O) groups excluding carboxylic acids is 2. The molecular weight excluding hydrogens is 467 g/mol. The molecule has 0 bridgehead atoms. The van der Waals surface area contributed by atoms with Gasteiger partial charge in [-0.2, -0.15) is 5.21 Å². The molecule has 2 N–H and O–H groups in total. The average Bonchev–Trinajstić information content (AvgIpc) is 3.40. The number of rotatable bonds is 5. The molecule has 1 aliphatic heterocycles. The van der Waals surface area contributed by atoms with E-state index in [1.807, 2.05) is 20.8 Å². The molecule has 34 heavy (non-hydrogen) atoms. The summed E-state index contributed by atoms with van der Waals surface area (Å²) in [5.74, 6) is -0.695. The van der Waals surface area contributed by atoms with Crippen molar-refractivity contribution in [2.45, 2.75) is 45.3 Å². The summed E-state index contributed by atoms with van der Waals surface area (Å²) in [6, 6.07) is 2.82. The Labute approximate surface area is 198 Å². The third-order valence-electron chi connectivity index (χ3n) is 5.07. The predicted molar refractivity (Wildman–Crippen MR) is 122 cm³/mol. The molecule has 0 radical (unpaired) electrons. The van der Waals surface area contributed by atoms with Crippen LogP contribution in [0.5, 0.6) is 11.5 Å². The lowest BCUT2D eigenvalue weighted by molar-refractivity contribution is 0.0128. The van der Waals surface area contributed by atoms with E-state index in [-0.39, 0.29) is 28.8 Å². The van der Waals surface area contributed by atoms with Crippen molar-refractivity contribution < 1.29 is 28.2 Å². The van der Waals surface area contributed by atoms with Crippen LogP contribution in [0.4, 0.5) is 15.1 Å². The quantitative estimate of drug-likeness (QED) is 0.552. The maximum Gasteiger partial charge on any atom is 0.410 e. The van der Waals surface area contributed by atoms with Crippen LogP contribution >= 0.6 is 11.3 Å². The molecule has 2 amide bonds. The standard InChI is InChI=1S/C21H25FN6O5S/c1-21(2,3)33-20(30)28-7-5-11(6-8-28)32-16-12-9-14(31-4)13(22)10-15(12)34-17(16)18(29)23-19-24-26-27-25-19/h9-11H,5-8H2,1-4H3,(H2,23,24,25,26,27,29). The van der Waals surface area contributed by atoms with Crippen LogP contribution < -0.4 is 14.8 Å². The van der Waals surface area contributed by atoms with Gasteiger partial charge >= 0.3 is 6.09 Å². The first-order chi connectivity index (χ1) is 16.1. The number of halogens is 1. The molecule has 0 unspecified atom stereocenters. The van der Waals surface area contributed by atoms with Crippen LogP contribution in [0, 0.1) is 5.82 Å². The van der Waals surface area contributed by atoms with Crippen molar-refractivity contribution in [3.05, 3.63) is 22.8 Å².